The molecule has 1 heterocycles. The van der Waals surface area contributed by atoms with Gasteiger partial charge in [0.25, 0.3) is 0 Å². The molecule has 1 aliphatic heterocycles. The number of hydrogen-bond donors (Lipinski definition) is 1. The molecule has 122 valence electrons. The van der Waals surface area contributed by atoms with E-state index in [0.29, 0.717) is 30.4 Å². The van der Waals surface area contributed by atoms with Crippen LogP contribution in [0.5, 0.6) is 5.75 Å². The molecule has 1 saturated heterocycles. The van der Waals surface area contributed by atoms with Gasteiger partial charge in [0.15, 0.2) is 0 Å². The fourth-order valence-electron chi connectivity index (χ4n) is 2.50. The number of benzene rings is 1. The SMILES string of the molecule is COc1cc(S(=O)(=O)N2CCC(C)CC2)ccc1NC(C)=O. The van der Waals surface area contributed by atoms with E-state index in [9.17, 15) is 13.2 Å². The molecule has 1 amide bonds. The van der Waals surface area contributed by atoms with Crippen molar-refractivity contribution in [1.82, 2.24) is 4.31 Å². The van der Waals surface area contributed by atoms with Crippen molar-refractivity contribution in [2.45, 2.75) is 31.6 Å². The van der Waals surface area contributed by atoms with E-state index in [-0.39, 0.29) is 10.8 Å². The Morgan fingerprint density at radius 2 is 1.95 bits per heavy atom. The first-order valence-corrected chi connectivity index (χ1v) is 8.74. The Hall–Kier alpha value is -1.60. The summed E-state index contributed by atoms with van der Waals surface area (Å²) in [5.74, 6) is 0.656. The zero-order valence-electron chi connectivity index (χ0n) is 13.1. The smallest absolute Gasteiger partial charge is 0.243 e. The molecule has 0 unspecified atom stereocenters. The minimum atomic E-state index is -3.52. The van der Waals surface area contributed by atoms with Gasteiger partial charge in [0.05, 0.1) is 17.7 Å². The summed E-state index contributed by atoms with van der Waals surface area (Å²) in [6.45, 7) is 4.60. The van der Waals surface area contributed by atoms with Crippen LogP contribution < -0.4 is 10.1 Å². The summed E-state index contributed by atoms with van der Waals surface area (Å²) in [5, 5.41) is 2.62. The van der Waals surface area contributed by atoms with Crippen molar-refractivity contribution in [3.05, 3.63) is 18.2 Å². The second kappa shape index (κ2) is 6.66. The number of piperidine rings is 1. The first kappa shape index (κ1) is 16.8. The highest BCUT2D eigenvalue weighted by atomic mass is 32.2. The number of rotatable bonds is 4. The molecule has 0 aliphatic carbocycles. The molecule has 22 heavy (non-hydrogen) atoms. The third-order valence-corrected chi connectivity index (χ3v) is 5.76. The second-order valence-electron chi connectivity index (χ2n) is 5.63. The maximum atomic E-state index is 12.7. The van der Waals surface area contributed by atoms with Gasteiger partial charge in [-0.15, -0.1) is 0 Å². The van der Waals surface area contributed by atoms with Crippen molar-refractivity contribution in [2.24, 2.45) is 5.92 Å². The largest absolute Gasteiger partial charge is 0.495 e. The molecular formula is C15H22N2O4S. The number of ether oxygens (including phenoxy) is 1. The van der Waals surface area contributed by atoms with Gasteiger partial charge in [0.1, 0.15) is 5.75 Å². The molecule has 1 fully saturated rings. The van der Waals surface area contributed by atoms with Gasteiger partial charge in [-0.05, 0) is 30.9 Å². The number of methoxy groups -OCH3 is 1. The van der Waals surface area contributed by atoms with Crippen LogP contribution in [0, 0.1) is 5.92 Å². The zero-order chi connectivity index (χ0) is 16.3. The third kappa shape index (κ3) is 3.59. The normalized spacial score (nSPS) is 17.2. The van der Waals surface area contributed by atoms with Crippen LogP contribution in [-0.4, -0.2) is 38.8 Å². The highest BCUT2D eigenvalue weighted by molar-refractivity contribution is 7.89. The fraction of sp³-hybridized carbons (Fsp3) is 0.533. The number of carbonyl (C=O) groups excluding carboxylic acids is 1. The maximum absolute atomic E-state index is 12.7. The van der Waals surface area contributed by atoms with Gasteiger partial charge in [0.2, 0.25) is 15.9 Å². The van der Waals surface area contributed by atoms with Crippen LogP contribution in [0.2, 0.25) is 0 Å². The molecule has 0 aromatic heterocycles. The molecule has 0 bridgehead atoms. The topological polar surface area (TPSA) is 75.7 Å². The fourth-order valence-corrected chi connectivity index (χ4v) is 3.98. The summed E-state index contributed by atoms with van der Waals surface area (Å²) >= 11 is 0. The van der Waals surface area contributed by atoms with Gasteiger partial charge in [-0.25, -0.2) is 8.42 Å². The Balaban J connectivity index is 2.29. The number of carbonyl (C=O) groups is 1. The number of hydrogen-bond acceptors (Lipinski definition) is 4. The van der Waals surface area contributed by atoms with Crippen molar-refractivity contribution < 1.29 is 17.9 Å². The lowest BCUT2D eigenvalue weighted by atomic mass is 10.0. The lowest BCUT2D eigenvalue weighted by molar-refractivity contribution is -0.114. The van der Waals surface area contributed by atoms with Crippen LogP contribution >= 0.6 is 0 Å². The van der Waals surface area contributed by atoms with Crippen LogP contribution in [0.15, 0.2) is 23.1 Å². The molecule has 1 aliphatic rings. The van der Waals surface area contributed by atoms with Gasteiger partial charge >= 0.3 is 0 Å². The van der Waals surface area contributed by atoms with E-state index in [1.165, 1.54) is 30.5 Å². The standard InChI is InChI=1S/C15H22N2O4S/c1-11-6-8-17(9-7-11)22(19,20)13-4-5-14(16-12(2)18)15(10-13)21-3/h4-5,10-11H,6-9H2,1-3H3,(H,16,18). The van der Waals surface area contributed by atoms with Crippen molar-refractivity contribution in [3.63, 3.8) is 0 Å². The van der Waals surface area contributed by atoms with E-state index in [1.807, 2.05) is 0 Å². The van der Waals surface area contributed by atoms with Gasteiger partial charge < -0.3 is 10.1 Å². The van der Waals surface area contributed by atoms with Gasteiger partial charge in [-0.3, -0.25) is 4.79 Å². The number of sulfonamides is 1. The molecule has 7 heteroatoms. The molecule has 1 aromatic carbocycles. The lowest BCUT2D eigenvalue weighted by Gasteiger charge is -2.29. The Morgan fingerprint density at radius 1 is 1.32 bits per heavy atom. The van der Waals surface area contributed by atoms with Crippen LogP contribution in [0.1, 0.15) is 26.7 Å². The summed E-state index contributed by atoms with van der Waals surface area (Å²) in [6.07, 6.45) is 1.75. The average molecular weight is 326 g/mol. The molecule has 0 spiro atoms. The maximum Gasteiger partial charge on any atom is 0.243 e. The minimum absolute atomic E-state index is 0.188. The summed E-state index contributed by atoms with van der Waals surface area (Å²) in [5.41, 5.74) is 0.459. The third-order valence-electron chi connectivity index (χ3n) is 3.86. The molecule has 0 radical (unpaired) electrons. The monoisotopic (exact) mass is 326 g/mol. The summed E-state index contributed by atoms with van der Waals surface area (Å²) < 4.78 is 32.1. The quantitative estimate of drug-likeness (QED) is 0.919. The minimum Gasteiger partial charge on any atom is -0.495 e. The highest BCUT2D eigenvalue weighted by Crippen LogP contribution is 2.30. The van der Waals surface area contributed by atoms with Crippen LogP contribution in [0.25, 0.3) is 0 Å². The van der Waals surface area contributed by atoms with Crippen LogP contribution in [0.4, 0.5) is 5.69 Å². The van der Waals surface area contributed by atoms with E-state index in [1.54, 1.807) is 6.07 Å². The average Bonchev–Trinajstić information content (AvgIpc) is 2.47. The van der Waals surface area contributed by atoms with Gasteiger partial charge in [0, 0.05) is 26.1 Å². The predicted octanol–water partition coefficient (Wildman–Crippen LogP) is 2.07. The predicted molar refractivity (Wildman–Crippen MR) is 84.5 cm³/mol. The Kier molecular flexibility index (Phi) is 5.08. The highest BCUT2D eigenvalue weighted by Gasteiger charge is 2.28. The van der Waals surface area contributed by atoms with E-state index in [4.69, 9.17) is 4.74 Å². The molecule has 1 aromatic rings. The van der Waals surface area contributed by atoms with Gasteiger partial charge in [-0.1, -0.05) is 6.92 Å². The summed E-state index contributed by atoms with van der Waals surface area (Å²) in [6, 6.07) is 4.51. The molecule has 2 rings (SSSR count). The molecule has 1 N–H and O–H groups in total. The van der Waals surface area contributed by atoms with E-state index in [2.05, 4.69) is 12.2 Å². The van der Waals surface area contributed by atoms with Crippen molar-refractivity contribution in [3.8, 4) is 5.75 Å². The Bertz CT molecular complexity index is 650. The van der Waals surface area contributed by atoms with Crippen LogP contribution in [-0.2, 0) is 14.8 Å². The van der Waals surface area contributed by atoms with Crippen molar-refractivity contribution in [1.29, 1.82) is 0 Å². The molecular weight excluding hydrogens is 304 g/mol. The number of nitrogens with one attached hydrogen (secondary N) is 1. The lowest BCUT2D eigenvalue weighted by Crippen LogP contribution is -2.37. The van der Waals surface area contributed by atoms with Crippen molar-refractivity contribution >= 4 is 21.6 Å². The first-order chi connectivity index (χ1) is 10.3. The number of anilines is 1. The van der Waals surface area contributed by atoms with Gasteiger partial charge in [-0.2, -0.15) is 4.31 Å². The van der Waals surface area contributed by atoms with Crippen LogP contribution in [0.3, 0.4) is 0 Å². The zero-order valence-corrected chi connectivity index (χ0v) is 13.9. The first-order valence-electron chi connectivity index (χ1n) is 7.30. The molecule has 0 saturated carbocycles. The second-order valence-corrected chi connectivity index (χ2v) is 7.57. The Morgan fingerprint density at radius 3 is 2.50 bits per heavy atom. The Labute approximate surface area is 131 Å². The number of amides is 1. The summed E-state index contributed by atoms with van der Waals surface area (Å²) in [4.78, 5) is 11.3. The van der Waals surface area contributed by atoms with E-state index in [0.717, 1.165) is 12.8 Å². The van der Waals surface area contributed by atoms with Crippen molar-refractivity contribution in [2.75, 3.05) is 25.5 Å². The number of nitrogens with zero attached hydrogens (tertiary/aromatic N) is 1. The summed E-state index contributed by atoms with van der Waals surface area (Å²) in [7, 11) is -2.08. The molecule has 0 atom stereocenters. The van der Waals surface area contributed by atoms with E-state index >= 15 is 0 Å². The molecule has 6 nitrogen and oxygen atoms in total. The van der Waals surface area contributed by atoms with E-state index < -0.39 is 10.0 Å².